The van der Waals surface area contributed by atoms with Gasteiger partial charge in [0.1, 0.15) is 0 Å². The zero-order valence-electron chi connectivity index (χ0n) is 13.8. The molecule has 1 amide bonds. The third-order valence-electron chi connectivity index (χ3n) is 6.54. The fourth-order valence-corrected chi connectivity index (χ4v) is 5.87. The summed E-state index contributed by atoms with van der Waals surface area (Å²) in [6, 6.07) is 0. The molecular formula is C18H32N2O. The molecule has 3 nitrogen and oxygen atoms in total. The van der Waals surface area contributed by atoms with Gasteiger partial charge in [-0.1, -0.05) is 13.3 Å². The molecule has 0 spiro atoms. The highest BCUT2D eigenvalue weighted by Gasteiger charge is 2.51. The number of carbonyl (C=O) groups excluding carboxylic acids is 1. The molecule has 4 saturated carbocycles. The van der Waals surface area contributed by atoms with Gasteiger partial charge in [-0.3, -0.25) is 4.79 Å². The predicted molar refractivity (Wildman–Crippen MR) is 85.7 cm³/mol. The van der Waals surface area contributed by atoms with Gasteiger partial charge in [-0.15, -0.1) is 0 Å². The molecule has 4 bridgehead atoms. The highest BCUT2D eigenvalue weighted by molar-refractivity contribution is 5.76. The molecule has 4 fully saturated rings. The van der Waals surface area contributed by atoms with Gasteiger partial charge >= 0.3 is 0 Å². The number of hydrogen-bond donors (Lipinski definition) is 1. The maximum Gasteiger partial charge on any atom is 0.222 e. The number of hydrogen-bond acceptors (Lipinski definition) is 2. The van der Waals surface area contributed by atoms with Gasteiger partial charge in [0.2, 0.25) is 5.91 Å². The molecule has 0 aromatic heterocycles. The Morgan fingerprint density at radius 2 is 1.71 bits per heavy atom. The van der Waals surface area contributed by atoms with Crippen molar-refractivity contribution < 1.29 is 4.79 Å². The third-order valence-corrected chi connectivity index (χ3v) is 6.54. The number of nitrogens with zero attached hydrogens (tertiary/aromatic N) is 1. The van der Waals surface area contributed by atoms with Crippen LogP contribution in [0.4, 0.5) is 0 Å². The Morgan fingerprint density at radius 3 is 2.14 bits per heavy atom. The van der Waals surface area contributed by atoms with E-state index in [0.717, 1.165) is 30.7 Å². The number of rotatable bonds is 6. The van der Waals surface area contributed by atoms with Gasteiger partial charge in [-0.05, 0) is 74.2 Å². The van der Waals surface area contributed by atoms with E-state index in [0.29, 0.717) is 30.2 Å². The topological polar surface area (TPSA) is 46.3 Å². The fourth-order valence-electron chi connectivity index (χ4n) is 5.87. The van der Waals surface area contributed by atoms with Gasteiger partial charge in [0, 0.05) is 20.0 Å². The van der Waals surface area contributed by atoms with Crippen LogP contribution in [-0.4, -0.2) is 30.9 Å². The Labute approximate surface area is 129 Å². The number of carbonyl (C=O) groups is 1. The largest absolute Gasteiger partial charge is 0.345 e. The van der Waals surface area contributed by atoms with E-state index in [-0.39, 0.29) is 0 Å². The highest BCUT2D eigenvalue weighted by Crippen LogP contribution is 2.60. The van der Waals surface area contributed by atoms with Gasteiger partial charge in [-0.25, -0.2) is 0 Å². The standard InChI is InChI=1S/C18H32N2O/c1-3-13(11-19)7-17(21)20(2)12-18-8-14-4-15(9-18)6-16(5-14)10-18/h13-16H,3-12,19H2,1-2H3. The lowest BCUT2D eigenvalue weighted by Gasteiger charge is -2.57. The molecule has 0 aliphatic heterocycles. The molecule has 1 atom stereocenters. The van der Waals surface area contributed by atoms with E-state index in [9.17, 15) is 4.79 Å². The first kappa shape index (κ1) is 15.3. The van der Waals surface area contributed by atoms with Crippen molar-refractivity contribution in [2.75, 3.05) is 20.1 Å². The lowest BCUT2D eigenvalue weighted by Crippen LogP contribution is -2.51. The second-order valence-electron chi connectivity index (χ2n) is 8.38. The fraction of sp³-hybridized carbons (Fsp3) is 0.944. The molecule has 1 unspecified atom stereocenters. The zero-order chi connectivity index (χ0) is 15.0. The van der Waals surface area contributed by atoms with E-state index in [1.165, 1.54) is 38.5 Å². The van der Waals surface area contributed by atoms with Gasteiger partial charge in [-0.2, -0.15) is 0 Å². The van der Waals surface area contributed by atoms with Crippen molar-refractivity contribution in [1.29, 1.82) is 0 Å². The van der Waals surface area contributed by atoms with E-state index < -0.39 is 0 Å². The van der Waals surface area contributed by atoms with Crippen molar-refractivity contribution in [3.63, 3.8) is 0 Å². The molecule has 0 saturated heterocycles. The van der Waals surface area contributed by atoms with Crippen molar-refractivity contribution in [3.05, 3.63) is 0 Å². The van der Waals surface area contributed by atoms with Gasteiger partial charge < -0.3 is 10.6 Å². The van der Waals surface area contributed by atoms with Crippen molar-refractivity contribution in [2.45, 2.75) is 58.3 Å². The molecule has 0 aromatic carbocycles. The number of amides is 1. The Morgan fingerprint density at radius 1 is 1.19 bits per heavy atom. The summed E-state index contributed by atoms with van der Waals surface area (Å²) in [5.41, 5.74) is 6.21. The van der Waals surface area contributed by atoms with E-state index in [1.807, 2.05) is 11.9 Å². The maximum absolute atomic E-state index is 12.5. The molecule has 4 aliphatic carbocycles. The van der Waals surface area contributed by atoms with E-state index in [4.69, 9.17) is 5.73 Å². The molecule has 120 valence electrons. The minimum atomic E-state index is 0.308. The summed E-state index contributed by atoms with van der Waals surface area (Å²) in [5.74, 6) is 3.56. The SMILES string of the molecule is CCC(CN)CC(=O)N(C)CC12CC3CC(CC(C3)C1)C2. The smallest absolute Gasteiger partial charge is 0.222 e. The van der Waals surface area contributed by atoms with Crippen molar-refractivity contribution in [2.24, 2.45) is 34.8 Å². The van der Waals surface area contributed by atoms with Crippen LogP contribution in [0.15, 0.2) is 0 Å². The average molecular weight is 292 g/mol. The van der Waals surface area contributed by atoms with Crippen LogP contribution in [0.2, 0.25) is 0 Å². The summed E-state index contributed by atoms with van der Waals surface area (Å²) in [5, 5.41) is 0. The van der Waals surface area contributed by atoms with Crippen LogP contribution in [0, 0.1) is 29.1 Å². The maximum atomic E-state index is 12.5. The lowest BCUT2D eigenvalue weighted by atomic mass is 9.49. The van der Waals surface area contributed by atoms with E-state index in [2.05, 4.69) is 6.92 Å². The van der Waals surface area contributed by atoms with Crippen LogP contribution < -0.4 is 5.73 Å². The molecule has 2 N–H and O–H groups in total. The van der Waals surface area contributed by atoms with E-state index >= 15 is 0 Å². The molecule has 0 heterocycles. The Bertz CT molecular complexity index is 353. The van der Waals surface area contributed by atoms with Gasteiger partial charge in [0.15, 0.2) is 0 Å². The number of nitrogens with two attached hydrogens (primary N) is 1. The Kier molecular flexibility index (Phi) is 4.31. The third kappa shape index (κ3) is 3.13. The summed E-state index contributed by atoms with van der Waals surface area (Å²) < 4.78 is 0. The first-order valence-electron chi connectivity index (χ1n) is 8.97. The highest BCUT2D eigenvalue weighted by atomic mass is 16.2. The van der Waals surface area contributed by atoms with Crippen LogP contribution in [0.25, 0.3) is 0 Å². The summed E-state index contributed by atoms with van der Waals surface area (Å²) >= 11 is 0. The van der Waals surface area contributed by atoms with E-state index in [1.54, 1.807) is 0 Å². The van der Waals surface area contributed by atoms with Gasteiger partial charge in [0.05, 0.1) is 0 Å². The molecule has 21 heavy (non-hydrogen) atoms. The first-order chi connectivity index (χ1) is 10.0. The molecule has 4 aliphatic rings. The average Bonchev–Trinajstić information content (AvgIpc) is 2.42. The lowest BCUT2D eigenvalue weighted by molar-refractivity contribution is -0.136. The van der Waals surface area contributed by atoms with Crippen molar-refractivity contribution in [3.8, 4) is 0 Å². The van der Waals surface area contributed by atoms with Crippen LogP contribution in [-0.2, 0) is 4.79 Å². The molecular weight excluding hydrogens is 260 g/mol. The van der Waals surface area contributed by atoms with Crippen molar-refractivity contribution >= 4 is 5.91 Å². The summed E-state index contributed by atoms with van der Waals surface area (Å²) in [4.78, 5) is 14.5. The van der Waals surface area contributed by atoms with Crippen molar-refractivity contribution in [1.82, 2.24) is 4.90 Å². The summed E-state index contributed by atoms with van der Waals surface area (Å²) in [6.07, 6.45) is 10.2. The van der Waals surface area contributed by atoms with Gasteiger partial charge in [0.25, 0.3) is 0 Å². The summed E-state index contributed by atoms with van der Waals surface area (Å²) in [7, 11) is 2.02. The second kappa shape index (κ2) is 5.91. The minimum absolute atomic E-state index is 0.308. The minimum Gasteiger partial charge on any atom is -0.345 e. The van der Waals surface area contributed by atoms with Crippen LogP contribution in [0.5, 0.6) is 0 Å². The molecule has 3 heteroatoms. The molecule has 4 rings (SSSR count). The Balaban J connectivity index is 1.59. The van der Waals surface area contributed by atoms with Crippen LogP contribution >= 0.6 is 0 Å². The van der Waals surface area contributed by atoms with Crippen LogP contribution in [0.3, 0.4) is 0 Å². The first-order valence-corrected chi connectivity index (χ1v) is 8.97. The molecule has 0 aromatic rings. The quantitative estimate of drug-likeness (QED) is 0.818. The second-order valence-corrected chi connectivity index (χ2v) is 8.38. The zero-order valence-corrected chi connectivity index (χ0v) is 13.8. The summed E-state index contributed by atoms with van der Waals surface area (Å²) in [6.45, 7) is 3.76. The molecule has 0 radical (unpaired) electrons. The normalized spacial score (nSPS) is 38.5. The Hall–Kier alpha value is -0.570. The predicted octanol–water partition coefficient (Wildman–Crippen LogP) is 3.04. The van der Waals surface area contributed by atoms with Crippen LogP contribution in [0.1, 0.15) is 58.3 Å². The monoisotopic (exact) mass is 292 g/mol.